The minimum absolute atomic E-state index is 0.0412. The largest absolute Gasteiger partial charge is 0.472 e. The van der Waals surface area contributed by atoms with E-state index < -0.39 is 4.92 Å². The summed E-state index contributed by atoms with van der Waals surface area (Å²) in [7, 11) is 0. The van der Waals surface area contributed by atoms with Crippen LogP contribution >= 0.6 is 0 Å². The van der Waals surface area contributed by atoms with Gasteiger partial charge in [-0.3, -0.25) is 14.9 Å². The number of benzene rings is 1. The summed E-state index contributed by atoms with van der Waals surface area (Å²) in [5.74, 6) is 0. The molecule has 0 saturated carbocycles. The zero-order valence-electron chi connectivity index (χ0n) is 10.7. The van der Waals surface area contributed by atoms with E-state index in [2.05, 4.69) is 5.10 Å². The molecule has 0 N–H and O–H groups in total. The number of hydrogen-bond acceptors (Lipinski definition) is 5. The Morgan fingerprint density at radius 1 is 1.33 bits per heavy atom. The second kappa shape index (κ2) is 5.04. The van der Waals surface area contributed by atoms with Crippen molar-refractivity contribution in [1.82, 2.24) is 9.78 Å². The molecule has 0 amide bonds. The maximum atomic E-state index is 11.2. The lowest BCUT2D eigenvalue weighted by atomic mass is 10.2. The topological polar surface area (TPSA) is 91.2 Å². The molecule has 0 unspecified atom stereocenters. The first-order valence-corrected chi connectivity index (χ1v) is 6.01. The van der Waals surface area contributed by atoms with Gasteiger partial charge in [-0.1, -0.05) is 6.07 Å². The van der Waals surface area contributed by atoms with Crippen LogP contribution < -0.4 is 0 Å². The number of rotatable bonds is 4. The third-order valence-electron chi connectivity index (χ3n) is 2.97. The van der Waals surface area contributed by atoms with Gasteiger partial charge < -0.3 is 4.42 Å². The van der Waals surface area contributed by atoms with Gasteiger partial charge in [-0.05, 0) is 12.1 Å². The van der Waals surface area contributed by atoms with Crippen molar-refractivity contribution in [1.29, 1.82) is 0 Å². The van der Waals surface area contributed by atoms with Gasteiger partial charge in [-0.15, -0.1) is 0 Å². The maximum Gasteiger partial charge on any atom is 0.271 e. The molecule has 3 aromatic rings. The normalized spacial score (nSPS) is 10.5. The number of carbonyl (C=O) groups excluding carboxylic acids is 1. The highest BCUT2D eigenvalue weighted by molar-refractivity contribution is 5.85. The molecule has 7 heteroatoms. The molecule has 104 valence electrons. The molecule has 0 fully saturated rings. The fourth-order valence-corrected chi connectivity index (χ4v) is 1.98. The standard InChI is InChI=1S/C14H9N3O4/c18-8-11-7-16(15-14(11)10-4-5-21-9-10)12-2-1-3-13(6-12)17(19)20/h1-9H. The number of carbonyl (C=O) groups is 1. The summed E-state index contributed by atoms with van der Waals surface area (Å²) < 4.78 is 6.41. The van der Waals surface area contributed by atoms with E-state index in [-0.39, 0.29) is 5.69 Å². The first-order valence-electron chi connectivity index (χ1n) is 6.01. The smallest absolute Gasteiger partial charge is 0.271 e. The summed E-state index contributed by atoms with van der Waals surface area (Å²) >= 11 is 0. The third-order valence-corrected chi connectivity index (χ3v) is 2.97. The average Bonchev–Trinajstić information content (AvgIpc) is 3.16. The first kappa shape index (κ1) is 12.8. The van der Waals surface area contributed by atoms with Gasteiger partial charge in [0.1, 0.15) is 5.69 Å². The monoisotopic (exact) mass is 283 g/mol. The van der Waals surface area contributed by atoms with Crippen LogP contribution in [0.3, 0.4) is 0 Å². The molecule has 0 radical (unpaired) electrons. The fourth-order valence-electron chi connectivity index (χ4n) is 1.98. The minimum atomic E-state index is -0.482. The number of hydrogen-bond donors (Lipinski definition) is 0. The zero-order chi connectivity index (χ0) is 14.8. The Balaban J connectivity index is 2.10. The van der Waals surface area contributed by atoms with Crippen molar-refractivity contribution < 1.29 is 14.1 Å². The van der Waals surface area contributed by atoms with Gasteiger partial charge in [-0.25, -0.2) is 4.68 Å². The van der Waals surface area contributed by atoms with Gasteiger partial charge >= 0.3 is 0 Å². The Labute approximate surface area is 118 Å². The van der Waals surface area contributed by atoms with E-state index in [1.165, 1.54) is 35.5 Å². The predicted molar refractivity (Wildman–Crippen MR) is 73.3 cm³/mol. The van der Waals surface area contributed by atoms with Crippen LogP contribution in [-0.4, -0.2) is 21.0 Å². The Kier molecular flexibility index (Phi) is 3.07. The molecular weight excluding hydrogens is 274 g/mol. The molecule has 2 aromatic heterocycles. The molecule has 2 heterocycles. The fraction of sp³-hybridized carbons (Fsp3) is 0. The van der Waals surface area contributed by atoms with Crippen LogP contribution in [0.1, 0.15) is 10.4 Å². The predicted octanol–water partition coefficient (Wildman–Crippen LogP) is 2.85. The molecule has 21 heavy (non-hydrogen) atoms. The Bertz CT molecular complexity index is 806. The summed E-state index contributed by atoms with van der Waals surface area (Å²) in [4.78, 5) is 21.5. The molecule has 0 aliphatic rings. The Morgan fingerprint density at radius 2 is 2.19 bits per heavy atom. The highest BCUT2D eigenvalue weighted by Crippen LogP contribution is 2.24. The second-order valence-electron chi connectivity index (χ2n) is 4.28. The van der Waals surface area contributed by atoms with Gasteiger partial charge in [0.2, 0.25) is 0 Å². The van der Waals surface area contributed by atoms with Gasteiger partial charge in [-0.2, -0.15) is 5.10 Å². The van der Waals surface area contributed by atoms with E-state index in [1.54, 1.807) is 18.2 Å². The number of furan rings is 1. The van der Waals surface area contributed by atoms with Gasteiger partial charge in [0.15, 0.2) is 6.29 Å². The molecular formula is C14H9N3O4. The molecule has 0 atom stereocenters. The Hall–Kier alpha value is -3.22. The maximum absolute atomic E-state index is 11.2. The molecule has 0 bridgehead atoms. The summed E-state index contributed by atoms with van der Waals surface area (Å²) in [5, 5.41) is 15.1. The minimum Gasteiger partial charge on any atom is -0.472 e. The molecule has 0 saturated heterocycles. The van der Waals surface area contributed by atoms with Crippen LogP contribution in [0.5, 0.6) is 0 Å². The van der Waals surface area contributed by atoms with E-state index in [0.717, 1.165) is 0 Å². The van der Waals surface area contributed by atoms with E-state index in [4.69, 9.17) is 4.42 Å². The van der Waals surface area contributed by atoms with E-state index in [1.807, 2.05) is 0 Å². The van der Waals surface area contributed by atoms with Crippen LogP contribution in [0.4, 0.5) is 5.69 Å². The van der Waals surface area contributed by atoms with Crippen LogP contribution in [0.15, 0.2) is 53.5 Å². The number of nitro groups is 1. The van der Waals surface area contributed by atoms with Crippen molar-refractivity contribution in [2.24, 2.45) is 0 Å². The van der Waals surface area contributed by atoms with Gasteiger partial charge in [0, 0.05) is 23.9 Å². The number of nitrogens with zero attached hydrogens (tertiary/aromatic N) is 3. The van der Waals surface area contributed by atoms with Gasteiger partial charge in [0.25, 0.3) is 5.69 Å². The van der Waals surface area contributed by atoms with Crippen molar-refractivity contribution in [3.8, 4) is 16.9 Å². The highest BCUT2D eigenvalue weighted by atomic mass is 16.6. The molecule has 7 nitrogen and oxygen atoms in total. The van der Waals surface area contributed by atoms with Crippen molar-refractivity contribution in [3.63, 3.8) is 0 Å². The number of aldehydes is 1. The summed E-state index contributed by atoms with van der Waals surface area (Å²) in [5.41, 5.74) is 1.97. The summed E-state index contributed by atoms with van der Waals surface area (Å²) in [6, 6.07) is 7.71. The average molecular weight is 283 g/mol. The lowest BCUT2D eigenvalue weighted by molar-refractivity contribution is -0.384. The molecule has 3 rings (SSSR count). The van der Waals surface area contributed by atoms with Crippen LogP contribution in [-0.2, 0) is 0 Å². The summed E-state index contributed by atoms with van der Waals surface area (Å²) in [6.45, 7) is 0. The number of non-ortho nitro benzene ring substituents is 1. The molecule has 1 aromatic carbocycles. The van der Waals surface area contributed by atoms with Crippen LogP contribution in [0.25, 0.3) is 16.9 Å². The van der Waals surface area contributed by atoms with E-state index >= 15 is 0 Å². The zero-order valence-corrected chi connectivity index (χ0v) is 10.7. The SMILES string of the molecule is O=Cc1cn(-c2cccc([N+](=O)[O-])c2)nc1-c1ccoc1. The molecule has 0 spiro atoms. The van der Waals surface area contributed by atoms with Gasteiger partial charge in [0.05, 0.1) is 28.7 Å². The van der Waals surface area contributed by atoms with E-state index in [9.17, 15) is 14.9 Å². The van der Waals surface area contributed by atoms with Crippen LogP contribution in [0.2, 0.25) is 0 Å². The highest BCUT2D eigenvalue weighted by Gasteiger charge is 2.14. The quantitative estimate of drug-likeness (QED) is 0.417. The Morgan fingerprint density at radius 3 is 2.86 bits per heavy atom. The van der Waals surface area contributed by atoms with E-state index in [0.29, 0.717) is 28.8 Å². The second-order valence-corrected chi connectivity index (χ2v) is 4.28. The van der Waals surface area contributed by atoms with Crippen LogP contribution in [0, 0.1) is 10.1 Å². The third kappa shape index (κ3) is 2.32. The number of nitro benzene ring substituents is 1. The molecule has 0 aliphatic carbocycles. The lowest BCUT2D eigenvalue weighted by Gasteiger charge is -2.00. The lowest BCUT2D eigenvalue weighted by Crippen LogP contribution is -1.96. The van der Waals surface area contributed by atoms with Crippen molar-refractivity contribution >= 4 is 12.0 Å². The first-order chi connectivity index (χ1) is 10.2. The summed E-state index contributed by atoms with van der Waals surface area (Å²) in [6.07, 6.45) is 5.17. The molecule has 0 aliphatic heterocycles. The van der Waals surface area contributed by atoms with Crippen molar-refractivity contribution in [2.45, 2.75) is 0 Å². The van der Waals surface area contributed by atoms with Crippen molar-refractivity contribution in [3.05, 3.63) is 64.7 Å². The number of aromatic nitrogens is 2. The van der Waals surface area contributed by atoms with Crippen molar-refractivity contribution in [2.75, 3.05) is 0 Å².